The van der Waals surface area contributed by atoms with E-state index in [-0.39, 0.29) is 18.0 Å². The summed E-state index contributed by atoms with van der Waals surface area (Å²) in [5, 5.41) is 3.49. The van der Waals surface area contributed by atoms with Crippen LogP contribution in [0.1, 0.15) is 25.7 Å². The van der Waals surface area contributed by atoms with Gasteiger partial charge in [0.1, 0.15) is 11.1 Å². The third-order valence-electron chi connectivity index (χ3n) is 3.64. The van der Waals surface area contributed by atoms with Gasteiger partial charge in [0, 0.05) is 12.6 Å². The van der Waals surface area contributed by atoms with Crippen LogP contribution in [0.4, 0.5) is 5.82 Å². The third-order valence-corrected chi connectivity index (χ3v) is 3.90. The number of aromatic nitrogens is 2. The van der Waals surface area contributed by atoms with Crippen molar-refractivity contribution in [1.82, 2.24) is 15.3 Å². The molecule has 1 aliphatic carbocycles. The van der Waals surface area contributed by atoms with Crippen molar-refractivity contribution < 1.29 is 9.53 Å². The van der Waals surface area contributed by atoms with E-state index in [2.05, 4.69) is 15.3 Å². The minimum Gasteiger partial charge on any atom is -0.467 e. The van der Waals surface area contributed by atoms with Gasteiger partial charge in [0.15, 0.2) is 5.82 Å². The molecule has 7 heteroatoms. The number of amides is 1. The monoisotopic (exact) mass is 296 g/mol. The Hall–Kier alpha value is -1.56. The van der Waals surface area contributed by atoms with E-state index in [0.29, 0.717) is 16.9 Å². The van der Waals surface area contributed by atoms with Crippen molar-refractivity contribution in [3.05, 3.63) is 11.2 Å². The summed E-state index contributed by atoms with van der Waals surface area (Å²) < 4.78 is 5.03. The Bertz CT molecular complexity index is 521. The van der Waals surface area contributed by atoms with Gasteiger partial charge in [-0.2, -0.15) is 4.98 Å². The lowest BCUT2D eigenvalue weighted by Gasteiger charge is -2.25. The van der Waals surface area contributed by atoms with Crippen LogP contribution in [0.25, 0.3) is 0 Å². The van der Waals surface area contributed by atoms with Gasteiger partial charge in [-0.3, -0.25) is 4.79 Å². The van der Waals surface area contributed by atoms with Crippen LogP contribution >= 0.6 is 11.6 Å². The van der Waals surface area contributed by atoms with E-state index in [4.69, 9.17) is 16.3 Å². The van der Waals surface area contributed by atoms with Crippen molar-refractivity contribution in [2.24, 2.45) is 0 Å². The first-order chi connectivity index (χ1) is 9.69. The molecule has 3 rings (SSSR count). The van der Waals surface area contributed by atoms with E-state index < -0.39 is 0 Å². The number of rotatable bonds is 4. The van der Waals surface area contributed by atoms with Crippen molar-refractivity contribution in [2.75, 3.05) is 18.6 Å². The Morgan fingerprint density at radius 3 is 3.00 bits per heavy atom. The topological polar surface area (TPSA) is 67.3 Å². The smallest absolute Gasteiger partial charge is 0.318 e. The molecule has 1 N–H and O–H groups in total. The molecule has 0 unspecified atom stereocenters. The second-order valence-electron chi connectivity index (χ2n) is 5.16. The van der Waals surface area contributed by atoms with Gasteiger partial charge in [-0.05, 0) is 25.7 Å². The summed E-state index contributed by atoms with van der Waals surface area (Å²) in [5.74, 6) is 0.644. The fourth-order valence-corrected chi connectivity index (χ4v) is 2.66. The lowest BCUT2D eigenvalue weighted by Crippen LogP contribution is -2.44. The van der Waals surface area contributed by atoms with Crippen LogP contribution in [-0.4, -0.2) is 41.6 Å². The molecule has 1 aliphatic heterocycles. The van der Waals surface area contributed by atoms with Gasteiger partial charge in [-0.1, -0.05) is 11.6 Å². The van der Waals surface area contributed by atoms with E-state index in [1.54, 1.807) is 0 Å². The van der Waals surface area contributed by atoms with Crippen LogP contribution in [0.2, 0.25) is 5.02 Å². The van der Waals surface area contributed by atoms with E-state index in [1.807, 2.05) is 4.90 Å². The van der Waals surface area contributed by atoms with Gasteiger partial charge in [-0.25, -0.2) is 4.98 Å². The average Bonchev–Trinajstić information content (AvgIpc) is 3.12. The standard InChI is InChI=1S/C13H17ClN4O2/c1-20-13-15-7-9(14)11(17-13)18-6-2-3-10(18)12(19)16-8-4-5-8/h7-8,10H,2-6H2,1H3,(H,16,19)/t10-/m0/s1. The Morgan fingerprint density at radius 2 is 2.30 bits per heavy atom. The molecule has 108 valence electrons. The molecule has 1 saturated heterocycles. The zero-order valence-corrected chi connectivity index (χ0v) is 12.1. The van der Waals surface area contributed by atoms with Gasteiger partial charge in [0.25, 0.3) is 0 Å². The zero-order valence-electron chi connectivity index (χ0n) is 11.3. The van der Waals surface area contributed by atoms with E-state index in [1.165, 1.54) is 13.3 Å². The quantitative estimate of drug-likeness (QED) is 0.909. The van der Waals surface area contributed by atoms with E-state index >= 15 is 0 Å². The molecule has 1 aromatic rings. The minimum atomic E-state index is -0.201. The lowest BCUT2D eigenvalue weighted by atomic mass is 10.2. The number of hydrogen-bond donors (Lipinski definition) is 1. The number of nitrogens with zero attached hydrogens (tertiary/aromatic N) is 3. The van der Waals surface area contributed by atoms with Crippen molar-refractivity contribution in [3.63, 3.8) is 0 Å². The molecule has 2 heterocycles. The third kappa shape index (κ3) is 2.65. The molecule has 6 nitrogen and oxygen atoms in total. The normalized spacial score (nSPS) is 21.9. The average molecular weight is 297 g/mol. The molecule has 1 atom stereocenters. The van der Waals surface area contributed by atoms with Crippen LogP contribution in [0, 0.1) is 0 Å². The first-order valence-corrected chi connectivity index (χ1v) is 7.20. The van der Waals surface area contributed by atoms with Gasteiger partial charge >= 0.3 is 6.01 Å². The number of hydrogen-bond acceptors (Lipinski definition) is 5. The molecule has 0 aromatic carbocycles. The molecular weight excluding hydrogens is 280 g/mol. The maximum absolute atomic E-state index is 12.3. The summed E-state index contributed by atoms with van der Waals surface area (Å²) in [6, 6.07) is 0.422. The second kappa shape index (κ2) is 5.44. The highest BCUT2D eigenvalue weighted by Crippen LogP contribution is 2.31. The van der Waals surface area contributed by atoms with Crippen LogP contribution in [0.15, 0.2) is 6.20 Å². The van der Waals surface area contributed by atoms with Gasteiger partial charge in [-0.15, -0.1) is 0 Å². The molecule has 0 radical (unpaired) electrons. The van der Waals surface area contributed by atoms with Crippen LogP contribution < -0.4 is 15.0 Å². The number of methoxy groups -OCH3 is 1. The molecule has 1 saturated carbocycles. The van der Waals surface area contributed by atoms with Crippen molar-refractivity contribution in [3.8, 4) is 6.01 Å². The van der Waals surface area contributed by atoms with E-state index in [0.717, 1.165) is 32.2 Å². The van der Waals surface area contributed by atoms with Gasteiger partial charge in [0.05, 0.1) is 13.3 Å². The van der Waals surface area contributed by atoms with Gasteiger partial charge in [0.2, 0.25) is 5.91 Å². The lowest BCUT2D eigenvalue weighted by molar-refractivity contribution is -0.122. The molecule has 0 spiro atoms. The highest BCUT2D eigenvalue weighted by Gasteiger charge is 2.35. The number of halogens is 1. The molecule has 2 fully saturated rings. The highest BCUT2D eigenvalue weighted by molar-refractivity contribution is 6.32. The first-order valence-electron chi connectivity index (χ1n) is 6.82. The molecular formula is C13H17ClN4O2. The fraction of sp³-hybridized carbons (Fsp3) is 0.615. The fourth-order valence-electron chi connectivity index (χ4n) is 2.46. The number of ether oxygens (including phenoxy) is 1. The zero-order chi connectivity index (χ0) is 14.1. The highest BCUT2D eigenvalue weighted by atomic mass is 35.5. The Kier molecular flexibility index (Phi) is 3.65. The predicted octanol–water partition coefficient (Wildman–Crippen LogP) is 1.39. The minimum absolute atomic E-state index is 0.0682. The number of carbonyl (C=O) groups is 1. The first kappa shape index (κ1) is 13.4. The van der Waals surface area contributed by atoms with Crippen LogP contribution in [0.5, 0.6) is 6.01 Å². The number of anilines is 1. The number of carbonyl (C=O) groups excluding carboxylic acids is 1. The van der Waals surface area contributed by atoms with Crippen LogP contribution in [-0.2, 0) is 4.79 Å². The molecule has 20 heavy (non-hydrogen) atoms. The van der Waals surface area contributed by atoms with Crippen molar-refractivity contribution >= 4 is 23.3 Å². The Balaban J connectivity index is 1.81. The second-order valence-corrected chi connectivity index (χ2v) is 5.57. The largest absolute Gasteiger partial charge is 0.467 e. The maximum Gasteiger partial charge on any atom is 0.318 e. The molecule has 2 aliphatic rings. The SMILES string of the molecule is COc1ncc(Cl)c(N2CCC[C@H]2C(=O)NC2CC2)n1. The molecule has 1 aromatic heterocycles. The Morgan fingerprint density at radius 1 is 1.50 bits per heavy atom. The van der Waals surface area contributed by atoms with Crippen molar-refractivity contribution in [1.29, 1.82) is 0 Å². The summed E-state index contributed by atoms with van der Waals surface area (Å²) in [5.41, 5.74) is 0. The summed E-state index contributed by atoms with van der Waals surface area (Å²) in [6.07, 6.45) is 5.45. The van der Waals surface area contributed by atoms with Gasteiger partial charge < -0.3 is 15.0 Å². The molecule has 0 bridgehead atoms. The number of nitrogens with one attached hydrogen (secondary N) is 1. The predicted molar refractivity (Wildman–Crippen MR) is 75.1 cm³/mol. The van der Waals surface area contributed by atoms with Crippen LogP contribution in [0.3, 0.4) is 0 Å². The summed E-state index contributed by atoms with van der Waals surface area (Å²) >= 11 is 6.17. The van der Waals surface area contributed by atoms with E-state index in [9.17, 15) is 4.79 Å². The maximum atomic E-state index is 12.3. The van der Waals surface area contributed by atoms with Crippen molar-refractivity contribution in [2.45, 2.75) is 37.8 Å². The summed E-state index contributed by atoms with van der Waals surface area (Å²) in [4.78, 5) is 22.5. The summed E-state index contributed by atoms with van der Waals surface area (Å²) in [7, 11) is 1.51. The molecule has 1 amide bonds. The Labute approximate surface area is 122 Å². The summed E-state index contributed by atoms with van der Waals surface area (Å²) in [6.45, 7) is 0.767.